The van der Waals surface area contributed by atoms with Crippen LogP contribution in [0.3, 0.4) is 0 Å². The number of para-hydroxylation sites is 2. The summed E-state index contributed by atoms with van der Waals surface area (Å²) in [5.41, 5.74) is 11.3. The minimum atomic E-state index is 0.0673. The topological polar surface area (TPSA) is 34.5 Å². The summed E-state index contributed by atoms with van der Waals surface area (Å²) < 4.78 is 8.74. The number of hydrogen-bond acceptors (Lipinski definition) is 3. The predicted molar refractivity (Wildman–Crippen MR) is 169 cm³/mol. The third-order valence-corrected chi connectivity index (χ3v) is 7.97. The van der Waals surface area contributed by atoms with Gasteiger partial charge in [0.05, 0.1) is 16.9 Å². The van der Waals surface area contributed by atoms with Crippen LogP contribution in [0.15, 0.2) is 114 Å². The maximum atomic E-state index is 13.1. The number of hydrogen-bond donors (Lipinski definition) is 0. The Morgan fingerprint density at radius 2 is 1.17 bits per heavy atom. The third-order valence-electron chi connectivity index (χ3n) is 7.97. The Kier molecular flexibility index (Phi) is 5.79. The summed E-state index contributed by atoms with van der Waals surface area (Å²) in [4.78, 5) is 15.4. The van der Waals surface area contributed by atoms with E-state index in [1.165, 1.54) is 0 Å². The summed E-state index contributed by atoms with van der Waals surface area (Å²) >= 11 is 0. The summed E-state index contributed by atoms with van der Waals surface area (Å²) in [5.74, 6) is 1.61. The SMILES string of the molecule is Cc1ccc2c(c1)-c1ccccc1Oc1ccccc1-c1cc(C)ccc1N2c1ccc2c(=O)c(C)cn(C)c2c1. The van der Waals surface area contributed by atoms with E-state index < -0.39 is 0 Å². The van der Waals surface area contributed by atoms with E-state index in [4.69, 9.17) is 4.74 Å². The van der Waals surface area contributed by atoms with Crippen LogP contribution < -0.4 is 15.1 Å². The lowest BCUT2D eigenvalue weighted by atomic mass is 9.95. The van der Waals surface area contributed by atoms with Gasteiger partial charge in [0.1, 0.15) is 11.5 Å². The van der Waals surface area contributed by atoms with Crippen molar-refractivity contribution in [2.45, 2.75) is 20.8 Å². The maximum absolute atomic E-state index is 13.1. The molecule has 4 nitrogen and oxygen atoms in total. The molecule has 0 spiro atoms. The average Bonchev–Trinajstić information content (AvgIpc) is 2.98. The summed E-state index contributed by atoms with van der Waals surface area (Å²) in [7, 11) is 2.00. The predicted octanol–water partition coefficient (Wildman–Crippen LogP) is 9.37. The first-order valence-electron chi connectivity index (χ1n) is 13.9. The molecule has 0 unspecified atom stereocenters. The van der Waals surface area contributed by atoms with E-state index in [-0.39, 0.29) is 5.43 Å². The van der Waals surface area contributed by atoms with E-state index in [1.54, 1.807) is 0 Å². The van der Waals surface area contributed by atoms with Gasteiger partial charge in [0, 0.05) is 52.1 Å². The van der Waals surface area contributed by atoms with Crippen LogP contribution in [0, 0.1) is 20.8 Å². The van der Waals surface area contributed by atoms with Crippen LogP contribution in [0.4, 0.5) is 17.1 Å². The molecule has 5 aromatic carbocycles. The molecule has 200 valence electrons. The first-order chi connectivity index (χ1) is 19.9. The van der Waals surface area contributed by atoms with E-state index in [1.807, 2.05) is 55.1 Å². The zero-order valence-electron chi connectivity index (χ0n) is 23.6. The van der Waals surface area contributed by atoms with Gasteiger partial charge in [0.2, 0.25) is 0 Å². The second-order valence-electron chi connectivity index (χ2n) is 10.9. The molecule has 0 fully saturated rings. The Bertz CT molecular complexity index is 1960. The molecule has 7 rings (SSSR count). The van der Waals surface area contributed by atoms with Crippen LogP contribution in [0.5, 0.6) is 11.5 Å². The van der Waals surface area contributed by atoms with Gasteiger partial charge in [-0.2, -0.15) is 0 Å². The van der Waals surface area contributed by atoms with Crippen LogP contribution in [0.25, 0.3) is 33.2 Å². The van der Waals surface area contributed by atoms with Gasteiger partial charge < -0.3 is 14.2 Å². The lowest BCUT2D eigenvalue weighted by Crippen LogP contribution is -2.15. The summed E-state index contributed by atoms with van der Waals surface area (Å²) in [6, 6.07) is 35.8. The molecular formula is C37H30N2O2. The Morgan fingerprint density at radius 3 is 1.76 bits per heavy atom. The van der Waals surface area contributed by atoms with Gasteiger partial charge in [-0.25, -0.2) is 0 Å². The average molecular weight is 535 g/mol. The minimum absolute atomic E-state index is 0.0673. The number of aromatic nitrogens is 1. The highest BCUT2D eigenvalue weighted by Gasteiger charge is 2.25. The molecule has 1 aliphatic heterocycles. The maximum Gasteiger partial charge on any atom is 0.192 e. The Hall–Kier alpha value is -5.09. The number of benzene rings is 5. The fourth-order valence-electron chi connectivity index (χ4n) is 5.98. The van der Waals surface area contributed by atoms with E-state index in [2.05, 4.69) is 91.5 Å². The van der Waals surface area contributed by atoms with Gasteiger partial charge in [0.15, 0.2) is 5.43 Å². The lowest BCUT2D eigenvalue weighted by Gasteiger charge is -2.32. The molecule has 0 radical (unpaired) electrons. The minimum Gasteiger partial charge on any atom is -0.456 e. The molecule has 1 aliphatic rings. The van der Waals surface area contributed by atoms with Crippen molar-refractivity contribution in [1.29, 1.82) is 0 Å². The first-order valence-corrected chi connectivity index (χ1v) is 13.9. The molecule has 0 N–H and O–H groups in total. The number of pyridine rings is 1. The highest BCUT2D eigenvalue weighted by molar-refractivity contribution is 5.98. The Morgan fingerprint density at radius 1 is 0.610 bits per heavy atom. The lowest BCUT2D eigenvalue weighted by molar-refractivity contribution is 0.486. The zero-order valence-corrected chi connectivity index (χ0v) is 23.6. The molecule has 0 aliphatic carbocycles. The van der Waals surface area contributed by atoms with Gasteiger partial charge in [-0.1, -0.05) is 59.7 Å². The van der Waals surface area contributed by atoms with Crippen molar-refractivity contribution in [3.63, 3.8) is 0 Å². The van der Waals surface area contributed by atoms with E-state index in [0.29, 0.717) is 0 Å². The normalized spacial score (nSPS) is 12.1. The number of anilines is 3. The monoisotopic (exact) mass is 534 g/mol. The fourth-order valence-corrected chi connectivity index (χ4v) is 5.98. The number of fused-ring (bicyclic) bond motifs is 7. The number of nitrogens with zero attached hydrogens (tertiary/aromatic N) is 2. The highest BCUT2D eigenvalue weighted by atomic mass is 16.5. The van der Waals surface area contributed by atoms with E-state index in [0.717, 1.165) is 78.4 Å². The van der Waals surface area contributed by atoms with Crippen LogP contribution in [-0.4, -0.2) is 4.57 Å². The number of ether oxygens (including phenoxy) is 1. The van der Waals surface area contributed by atoms with Crippen LogP contribution in [0.1, 0.15) is 16.7 Å². The molecular weight excluding hydrogens is 504 g/mol. The Labute approximate surface area is 239 Å². The van der Waals surface area contributed by atoms with Crippen molar-refractivity contribution >= 4 is 28.0 Å². The highest BCUT2D eigenvalue weighted by Crippen LogP contribution is 2.50. The van der Waals surface area contributed by atoms with Crippen LogP contribution in [-0.2, 0) is 7.05 Å². The van der Waals surface area contributed by atoms with Gasteiger partial charge in [-0.05, 0) is 75.4 Å². The smallest absolute Gasteiger partial charge is 0.192 e. The molecule has 0 saturated carbocycles. The first kappa shape index (κ1) is 24.9. The van der Waals surface area contributed by atoms with Gasteiger partial charge in [-0.3, -0.25) is 4.79 Å². The van der Waals surface area contributed by atoms with Crippen molar-refractivity contribution in [2.24, 2.45) is 7.05 Å². The van der Waals surface area contributed by atoms with Crippen molar-refractivity contribution in [1.82, 2.24) is 4.57 Å². The molecule has 41 heavy (non-hydrogen) atoms. The number of rotatable bonds is 1. The second-order valence-corrected chi connectivity index (χ2v) is 10.9. The molecule has 0 atom stereocenters. The Balaban J connectivity index is 1.63. The summed E-state index contributed by atoms with van der Waals surface area (Å²) in [6.07, 6.45) is 1.91. The van der Waals surface area contributed by atoms with E-state index >= 15 is 0 Å². The standard InChI is InChI=1S/C37H30N2O2/c1-23-13-17-32-30(19-23)27-9-5-7-11-35(27)41-36-12-8-6-10-28(36)31-20-24(2)14-18-33(31)39(32)26-15-16-29-34(21-26)38(4)22-25(3)37(29)40/h5-22H,1-4H3. The third kappa shape index (κ3) is 4.11. The second kappa shape index (κ2) is 9.53. The zero-order chi connectivity index (χ0) is 28.2. The summed E-state index contributed by atoms with van der Waals surface area (Å²) in [6.45, 7) is 6.11. The quantitative estimate of drug-likeness (QED) is 0.210. The number of aryl methyl sites for hydroxylation is 4. The molecule has 1 aromatic heterocycles. The molecule has 2 heterocycles. The fraction of sp³-hybridized carbons (Fsp3) is 0.108. The van der Waals surface area contributed by atoms with Crippen molar-refractivity contribution in [2.75, 3.05) is 4.90 Å². The molecule has 6 aromatic rings. The van der Waals surface area contributed by atoms with Crippen LogP contribution >= 0.6 is 0 Å². The molecule has 4 heteroatoms. The van der Waals surface area contributed by atoms with Gasteiger partial charge >= 0.3 is 0 Å². The summed E-state index contributed by atoms with van der Waals surface area (Å²) in [5, 5.41) is 0.717. The van der Waals surface area contributed by atoms with Crippen molar-refractivity contribution in [3.8, 4) is 33.8 Å². The van der Waals surface area contributed by atoms with Crippen molar-refractivity contribution < 1.29 is 4.74 Å². The van der Waals surface area contributed by atoms with Gasteiger partial charge in [-0.15, -0.1) is 0 Å². The molecule has 0 amide bonds. The van der Waals surface area contributed by atoms with E-state index in [9.17, 15) is 4.79 Å². The largest absolute Gasteiger partial charge is 0.456 e. The van der Waals surface area contributed by atoms with Gasteiger partial charge in [0.25, 0.3) is 0 Å². The van der Waals surface area contributed by atoms with Crippen molar-refractivity contribution in [3.05, 3.63) is 136 Å². The van der Waals surface area contributed by atoms with Crippen LogP contribution in [0.2, 0.25) is 0 Å². The molecule has 0 saturated heterocycles. The molecule has 0 bridgehead atoms.